The molecule has 150 valence electrons. The van der Waals surface area contributed by atoms with Crippen LogP contribution in [0, 0.1) is 5.41 Å². The lowest BCUT2D eigenvalue weighted by Gasteiger charge is -2.43. The molecule has 0 aromatic rings. The van der Waals surface area contributed by atoms with Crippen LogP contribution in [0.1, 0.15) is 33.6 Å². The molecule has 0 spiro atoms. The Balaban J connectivity index is 2.57. The van der Waals surface area contributed by atoms with Crippen LogP contribution in [-0.2, 0) is 21.2 Å². The van der Waals surface area contributed by atoms with Crippen molar-refractivity contribution >= 4 is 35.0 Å². The third-order valence-corrected chi connectivity index (χ3v) is 19.6. The Kier molecular flexibility index (Phi) is 8.29. The molecular weight excluding hydrogens is 389 g/mol. The minimum atomic E-state index is -2.25. The molecule has 1 unspecified atom stereocenters. The summed E-state index contributed by atoms with van der Waals surface area (Å²) in [7, 11) is -8.59. The molecule has 25 heavy (non-hydrogen) atoms. The Morgan fingerprint density at radius 2 is 1.44 bits per heavy atom. The highest BCUT2D eigenvalue weighted by Gasteiger charge is 2.47. The zero-order chi connectivity index (χ0) is 19.5. The van der Waals surface area contributed by atoms with Crippen molar-refractivity contribution in [1.82, 2.24) is 0 Å². The summed E-state index contributed by atoms with van der Waals surface area (Å²) in [5.74, 6) is 0. The maximum atomic E-state index is 10.1. The van der Waals surface area contributed by atoms with Gasteiger partial charge in [0.1, 0.15) is 0 Å². The monoisotopic (exact) mass is 426 g/mol. The van der Waals surface area contributed by atoms with Gasteiger partial charge in [0.05, 0.1) is 0 Å². The fourth-order valence-electron chi connectivity index (χ4n) is 2.87. The molecule has 1 heterocycles. The van der Waals surface area contributed by atoms with Crippen LogP contribution < -0.4 is 0 Å². The fourth-order valence-corrected chi connectivity index (χ4v) is 21.3. The molecule has 0 bridgehead atoms. The van der Waals surface area contributed by atoms with Crippen LogP contribution in [-0.4, -0.2) is 53.0 Å². The van der Waals surface area contributed by atoms with E-state index in [1.807, 2.05) is 13.8 Å². The van der Waals surface area contributed by atoms with Crippen LogP contribution in [0.25, 0.3) is 0 Å². The highest BCUT2D eigenvalue weighted by Crippen LogP contribution is 2.28. The molecule has 1 aliphatic heterocycles. The predicted octanol–water partition coefficient (Wildman–Crippen LogP) is 3.55. The molecule has 1 aliphatic rings. The van der Waals surface area contributed by atoms with Crippen LogP contribution in [0.4, 0.5) is 0 Å². The minimum Gasteiger partial charge on any atom is -0.418 e. The van der Waals surface area contributed by atoms with Gasteiger partial charge in [-0.05, 0) is 58.2 Å². The van der Waals surface area contributed by atoms with Crippen molar-refractivity contribution in [2.24, 2.45) is 5.41 Å². The summed E-state index contributed by atoms with van der Waals surface area (Å²) < 4.78 is 30.9. The minimum absolute atomic E-state index is 0.230. The van der Waals surface area contributed by atoms with Crippen LogP contribution in [0.5, 0.6) is 0 Å². The number of hydrogen-bond donors (Lipinski definition) is 1. The normalized spacial score (nSPS) is 25.2. The van der Waals surface area contributed by atoms with Gasteiger partial charge in [-0.3, -0.25) is 0 Å². The maximum Gasteiger partial charge on any atom is 0.314 e. The molecular formula is C15H38O6Si4. The summed E-state index contributed by atoms with van der Waals surface area (Å²) in [6.45, 7) is 19.0. The summed E-state index contributed by atoms with van der Waals surface area (Å²) in [4.78, 5) is 0. The quantitative estimate of drug-likeness (QED) is 0.381. The van der Waals surface area contributed by atoms with Crippen LogP contribution in [0.2, 0.25) is 45.3 Å². The number of aliphatic hydroxyl groups is 1. The lowest BCUT2D eigenvalue weighted by molar-refractivity contribution is -0.165. The van der Waals surface area contributed by atoms with Gasteiger partial charge in [-0.2, -0.15) is 0 Å². The molecule has 0 amide bonds. The van der Waals surface area contributed by atoms with Crippen molar-refractivity contribution in [1.29, 1.82) is 0 Å². The molecule has 0 radical (unpaired) electrons. The average Bonchev–Trinajstić information content (AvgIpc) is 2.38. The van der Waals surface area contributed by atoms with Crippen LogP contribution in [0.15, 0.2) is 0 Å². The van der Waals surface area contributed by atoms with Crippen LogP contribution >= 0.6 is 0 Å². The first kappa shape index (κ1) is 23.7. The van der Waals surface area contributed by atoms with E-state index in [2.05, 4.69) is 46.2 Å². The molecule has 6 nitrogen and oxygen atoms in total. The Bertz CT molecular complexity index is 408. The first-order chi connectivity index (χ1) is 11.2. The van der Waals surface area contributed by atoms with E-state index in [0.29, 0.717) is 6.61 Å². The third kappa shape index (κ3) is 8.45. The lowest BCUT2D eigenvalue weighted by Crippen LogP contribution is -2.61. The highest BCUT2D eigenvalue weighted by atomic mass is 28.5. The second-order valence-corrected chi connectivity index (χ2v) is 22.1. The Hall–Kier alpha value is 0.628. The van der Waals surface area contributed by atoms with Gasteiger partial charge in [0.2, 0.25) is 0 Å². The van der Waals surface area contributed by atoms with Gasteiger partial charge in [0, 0.05) is 12.0 Å². The van der Waals surface area contributed by atoms with E-state index in [4.69, 9.17) is 21.2 Å². The zero-order valence-electron chi connectivity index (χ0n) is 17.5. The highest BCUT2D eigenvalue weighted by molar-refractivity contribution is 6.89. The van der Waals surface area contributed by atoms with E-state index in [-0.39, 0.29) is 5.41 Å². The van der Waals surface area contributed by atoms with Gasteiger partial charge in [-0.25, -0.2) is 0 Å². The fraction of sp³-hybridized carbons (Fsp3) is 1.00. The second kappa shape index (κ2) is 8.76. The molecule has 0 aromatic heterocycles. The standard InChI is InChI=1S/C15H38O6Si4/c1-10-15(2,3)14(16)17-12-11-13-22-18-23(4,5)20-25(8,9)21-24(6,7)19-22/h14,16,22H,10-13H2,1-9H3. The van der Waals surface area contributed by atoms with Gasteiger partial charge >= 0.3 is 35.0 Å². The molecule has 10 heteroatoms. The molecule has 1 N–H and O–H groups in total. The van der Waals surface area contributed by atoms with Crippen molar-refractivity contribution in [3.05, 3.63) is 0 Å². The Morgan fingerprint density at radius 1 is 0.960 bits per heavy atom. The maximum absolute atomic E-state index is 10.1. The van der Waals surface area contributed by atoms with Crippen molar-refractivity contribution in [3.8, 4) is 0 Å². The van der Waals surface area contributed by atoms with Crippen molar-refractivity contribution < 1.29 is 26.3 Å². The van der Waals surface area contributed by atoms with E-state index in [1.165, 1.54) is 0 Å². The summed E-state index contributed by atoms with van der Waals surface area (Å²) >= 11 is 0. The van der Waals surface area contributed by atoms with Crippen molar-refractivity contribution in [3.63, 3.8) is 0 Å². The molecule has 0 aromatic carbocycles. The summed E-state index contributed by atoms with van der Waals surface area (Å²) in [6, 6.07) is 0.834. The van der Waals surface area contributed by atoms with Gasteiger partial charge in [0.15, 0.2) is 6.29 Å². The second-order valence-electron chi connectivity index (χ2n) is 8.78. The number of ether oxygens (including phenoxy) is 1. The van der Waals surface area contributed by atoms with E-state index >= 15 is 0 Å². The molecule has 1 rings (SSSR count). The topological polar surface area (TPSA) is 66.4 Å². The Labute approximate surface area is 158 Å². The first-order valence-corrected chi connectivity index (χ1v) is 19.4. The molecule has 1 fully saturated rings. The van der Waals surface area contributed by atoms with E-state index in [0.717, 1.165) is 18.9 Å². The summed E-state index contributed by atoms with van der Waals surface area (Å²) in [5.41, 5.74) is -0.230. The summed E-state index contributed by atoms with van der Waals surface area (Å²) in [6.07, 6.45) is 0.934. The lowest BCUT2D eigenvalue weighted by atomic mass is 9.89. The summed E-state index contributed by atoms with van der Waals surface area (Å²) in [5, 5.41) is 10.1. The van der Waals surface area contributed by atoms with Gasteiger partial charge < -0.3 is 26.3 Å². The largest absolute Gasteiger partial charge is 0.418 e. The number of hydrogen-bond acceptors (Lipinski definition) is 6. The van der Waals surface area contributed by atoms with E-state index in [1.54, 1.807) is 0 Å². The SMILES string of the molecule is CCC(C)(C)C(O)OCCC[SiH]1O[Si](C)(C)O[Si](C)(C)O[Si](C)(C)O1. The Morgan fingerprint density at radius 3 is 1.88 bits per heavy atom. The van der Waals surface area contributed by atoms with Crippen LogP contribution in [0.3, 0.4) is 0 Å². The smallest absolute Gasteiger partial charge is 0.314 e. The van der Waals surface area contributed by atoms with Gasteiger partial charge in [-0.1, -0.05) is 20.8 Å². The average molecular weight is 427 g/mol. The van der Waals surface area contributed by atoms with Crippen molar-refractivity contribution in [2.75, 3.05) is 6.61 Å². The molecule has 0 aliphatic carbocycles. The van der Waals surface area contributed by atoms with Crippen molar-refractivity contribution in [2.45, 2.75) is 85.2 Å². The first-order valence-electron chi connectivity index (χ1n) is 9.24. The third-order valence-electron chi connectivity index (χ3n) is 4.25. The zero-order valence-corrected chi connectivity index (χ0v) is 21.6. The predicted molar refractivity (Wildman–Crippen MR) is 109 cm³/mol. The molecule has 0 saturated carbocycles. The number of aliphatic hydroxyl groups excluding tert-OH is 1. The van der Waals surface area contributed by atoms with Gasteiger partial charge in [-0.15, -0.1) is 0 Å². The molecule has 1 saturated heterocycles. The molecule has 1 atom stereocenters. The number of rotatable bonds is 7. The van der Waals surface area contributed by atoms with Gasteiger partial charge in [0.25, 0.3) is 0 Å². The van der Waals surface area contributed by atoms with E-state index < -0.39 is 41.3 Å². The van der Waals surface area contributed by atoms with E-state index in [9.17, 15) is 5.11 Å².